The van der Waals surface area contributed by atoms with Gasteiger partial charge in [-0.05, 0) is 25.0 Å². The summed E-state index contributed by atoms with van der Waals surface area (Å²) in [6, 6.07) is 3.93. The van der Waals surface area contributed by atoms with E-state index in [-0.39, 0.29) is 5.91 Å². The summed E-state index contributed by atoms with van der Waals surface area (Å²) in [7, 11) is 0. The molecule has 0 atom stereocenters. The van der Waals surface area contributed by atoms with Crippen LogP contribution in [0.5, 0.6) is 0 Å². The van der Waals surface area contributed by atoms with Gasteiger partial charge in [0.2, 0.25) is 0 Å². The maximum atomic E-state index is 12.0. The molecule has 0 aliphatic heterocycles. The monoisotopic (exact) mass is 259 g/mol. The Balaban J connectivity index is 1.62. The van der Waals surface area contributed by atoms with E-state index >= 15 is 0 Å². The third kappa shape index (κ3) is 2.83. The van der Waals surface area contributed by atoms with Gasteiger partial charge in [-0.3, -0.25) is 14.2 Å². The fourth-order valence-corrected chi connectivity index (χ4v) is 2.42. The molecule has 19 heavy (non-hydrogen) atoms. The Kier molecular flexibility index (Phi) is 3.31. The Morgan fingerprint density at radius 2 is 2.16 bits per heavy atom. The van der Waals surface area contributed by atoms with E-state index in [0.717, 1.165) is 12.8 Å². The summed E-state index contributed by atoms with van der Waals surface area (Å²) in [6.45, 7) is 0.518. The Hall–Kier alpha value is -2.11. The first kappa shape index (κ1) is 12.0. The number of hydrogen-bond donors (Lipinski definition) is 1. The van der Waals surface area contributed by atoms with Crippen LogP contribution in [-0.2, 0) is 6.67 Å². The predicted molar refractivity (Wildman–Crippen MR) is 69.6 cm³/mol. The molecule has 2 heterocycles. The molecule has 1 fully saturated rings. The van der Waals surface area contributed by atoms with Gasteiger partial charge >= 0.3 is 0 Å². The quantitative estimate of drug-likeness (QED) is 0.899. The average molecular weight is 259 g/mol. The summed E-state index contributed by atoms with van der Waals surface area (Å²) in [4.78, 5) is 12.0. The van der Waals surface area contributed by atoms with Crippen molar-refractivity contribution >= 4 is 5.91 Å². The van der Waals surface area contributed by atoms with Gasteiger partial charge in [0.25, 0.3) is 5.91 Å². The fourth-order valence-electron chi connectivity index (χ4n) is 2.42. The highest BCUT2D eigenvalue weighted by molar-refractivity contribution is 5.92. The minimum absolute atomic E-state index is 0.0777. The van der Waals surface area contributed by atoms with Crippen molar-refractivity contribution in [2.45, 2.75) is 38.4 Å². The number of carbonyl (C=O) groups excluding carboxylic acids is 1. The Labute approximate surface area is 111 Å². The Morgan fingerprint density at radius 3 is 2.89 bits per heavy atom. The lowest BCUT2D eigenvalue weighted by atomic mass is 10.2. The van der Waals surface area contributed by atoms with Gasteiger partial charge in [-0.2, -0.15) is 10.2 Å². The van der Waals surface area contributed by atoms with E-state index in [1.54, 1.807) is 27.8 Å². The lowest BCUT2D eigenvalue weighted by molar-refractivity contribution is 0.0932. The zero-order valence-electron chi connectivity index (χ0n) is 10.7. The molecular formula is C13H17N5O. The molecule has 1 aliphatic rings. The Bertz CT molecular complexity index is 539. The number of amides is 1. The molecule has 3 rings (SSSR count). The zero-order valence-corrected chi connectivity index (χ0v) is 10.7. The van der Waals surface area contributed by atoms with Crippen LogP contribution in [-0.4, -0.2) is 31.5 Å². The molecule has 0 radical (unpaired) electrons. The third-order valence-electron chi connectivity index (χ3n) is 3.41. The van der Waals surface area contributed by atoms with Gasteiger partial charge in [0, 0.05) is 24.6 Å². The number of rotatable bonds is 4. The van der Waals surface area contributed by atoms with Crippen LogP contribution in [0.15, 0.2) is 30.7 Å². The van der Waals surface area contributed by atoms with Crippen LogP contribution < -0.4 is 5.32 Å². The van der Waals surface area contributed by atoms with Crippen LogP contribution in [0.4, 0.5) is 0 Å². The highest BCUT2D eigenvalue weighted by atomic mass is 16.2. The van der Waals surface area contributed by atoms with Crippen molar-refractivity contribution in [1.82, 2.24) is 24.9 Å². The molecule has 0 saturated heterocycles. The van der Waals surface area contributed by atoms with E-state index in [2.05, 4.69) is 15.5 Å². The van der Waals surface area contributed by atoms with Crippen molar-refractivity contribution < 1.29 is 4.79 Å². The summed E-state index contributed by atoms with van der Waals surface area (Å²) < 4.78 is 3.46. The van der Waals surface area contributed by atoms with Crippen LogP contribution in [0.25, 0.3) is 0 Å². The molecule has 2 aromatic heterocycles. The molecular weight excluding hydrogens is 242 g/mol. The topological polar surface area (TPSA) is 64.7 Å². The normalized spacial score (nSPS) is 15.8. The van der Waals surface area contributed by atoms with Crippen molar-refractivity contribution in [3.8, 4) is 0 Å². The first-order valence-corrected chi connectivity index (χ1v) is 6.63. The summed E-state index contributed by atoms with van der Waals surface area (Å²) >= 11 is 0. The molecule has 6 heteroatoms. The van der Waals surface area contributed by atoms with Crippen LogP contribution in [0, 0.1) is 0 Å². The van der Waals surface area contributed by atoms with Crippen molar-refractivity contribution in [3.63, 3.8) is 0 Å². The van der Waals surface area contributed by atoms with E-state index < -0.39 is 0 Å². The predicted octanol–water partition coefficient (Wildman–Crippen LogP) is 1.26. The fraction of sp³-hybridized carbons (Fsp3) is 0.462. The number of carbonyl (C=O) groups is 1. The number of aromatic nitrogens is 4. The van der Waals surface area contributed by atoms with Gasteiger partial charge < -0.3 is 5.32 Å². The van der Waals surface area contributed by atoms with Gasteiger partial charge in [0.1, 0.15) is 12.4 Å². The molecule has 0 bridgehead atoms. The standard InChI is InChI=1S/C13H17N5O/c19-13(15-11-4-1-2-5-11)12-6-9-18(16-12)10-17-8-3-7-14-17/h3,6-9,11H,1-2,4-5,10H2,(H,15,19). The number of hydrogen-bond acceptors (Lipinski definition) is 3. The first-order chi connectivity index (χ1) is 9.31. The largest absolute Gasteiger partial charge is 0.348 e. The van der Waals surface area contributed by atoms with E-state index in [4.69, 9.17) is 0 Å². The van der Waals surface area contributed by atoms with E-state index in [9.17, 15) is 4.79 Å². The molecule has 0 unspecified atom stereocenters. The highest BCUT2D eigenvalue weighted by Crippen LogP contribution is 2.17. The van der Waals surface area contributed by atoms with Crippen LogP contribution in [0.3, 0.4) is 0 Å². The van der Waals surface area contributed by atoms with Gasteiger partial charge in [0.05, 0.1) is 0 Å². The van der Waals surface area contributed by atoms with E-state index in [1.165, 1.54) is 12.8 Å². The van der Waals surface area contributed by atoms with Crippen molar-refractivity contribution in [3.05, 3.63) is 36.4 Å². The summed E-state index contributed by atoms with van der Waals surface area (Å²) in [6.07, 6.45) is 9.96. The van der Waals surface area contributed by atoms with Crippen molar-refractivity contribution in [1.29, 1.82) is 0 Å². The van der Waals surface area contributed by atoms with E-state index in [0.29, 0.717) is 18.4 Å². The summed E-state index contributed by atoms with van der Waals surface area (Å²) in [5.41, 5.74) is 0.471. The smallest absolute Gasteiger partial charge is 0.271 e. The zero-order chi connectivity index (χ0) is 13.1. The second-order valence-corrected chi connectivity index (χ2v) is 4.88. The number of nitrogens with zero attached hydrogens (tertiary/aromatic N) is 4. The molecule has 6 nitrogen and oxygen atoms in total. The molecule has 0 aromatic carbocycles. The molecule has 1 saturated carbocycles. The molecule has 1 amide bonds. The second-order valence-electron chi connectivity index (χ2n) is 4.88. The van der Waals surface area contributed by atoms with Crippen molar-refractivity contribution in [2.24, 2.45) is 0 Å². The third-order valence-corrected chi connectivity index (χ3v) is 3.41. The average Bonchev–Trinajstić information content (AvgIpc) is 3.10. The lowest BCUT2D eigenvalue weighted by Gasteiger charge is -2.10. The van der Waals surface area contributed by atoms with Gasteiger partial charge in [-0.25, -0.2) is 0 Å². The van der Waals surface area contributed by atoms with Gasteiger partial charge in [-0.15, -0.1) is 0 Å². The van der Waals surface area contributed by atoms with E-state index in [1.807, 2.05) is 12.3 Å². The molecule has 0 spiro atoms. The van der Waals surface area contributed by atoms with Crippen LogP contribution >= 0.6 is 0 Å². The lowest BCUT2D eigenvalue weighted by Crippen LogP contribution is -2.33. The molecule has 1 aliphatic carbocycles. The summed E-state index contributed by atoms with van der Waals surface area (Å²) in [5.74, 6) is -0.0777. The molecule has 1 N–H and O–H groups in total. The highest BCUT2D eigenvalue weighted by Gasteiger charge is 2.19. The van der Waals surface area contributed by atoms with Crippen LogP contribution in [0.1, 0.15) is 36.2 Å². The first-order valence-electron chi connectivity index (χ1n) is 6.63. The van der Waals surface area contributed by atoms with Crippen molar-refractivity contribution in [2.75, 3.05) is 0 Å². The maximum Gasteiger partial charge on any atom is 0.271 e. The number of nitrogens with one attached hydrogen (secondary N) is 1. The Morgan fingerprint density at radius 1 is 1.32 bits per heavy atom. The van der Waals surface area contributed by atoms with Gasteiger partial charge in [-0.1, -0.05) is 12.8 Å². The second kappa shape index (κ2) is 5.26. The van der Waals surface area contributed by atoms with Crippen LogP contribution in [0.2, 0.25) is 0 Å². The van der Waals surface area contributed by atoms with Gasteiger partial charge in [0.15, 0.2) is 0 Å². The minimum atomic E-state index is -0.0777. The minimum Gasteiger partial charge on any atom is -0.348 e. The maximum absolute atomic E-state index is 12.0. The summed E-state index contributed by atoms with van der Waals surface area (Å²) in [5, 5.41) is 11.4. The SMILES string of the molecule is O=C(NC1CCCC1)c1ccn(Cn2cccn2)n1. The molecule has 100 valence electrons. The molecule has 2 aromatic rings.